The maximum atomic E-state index is 3.00. The van der Waals surface area contributed by atoms with Crippen LogP contribution in [-0.2, 0) is 0 Å². The van der Waals surface area contributed by atoms with Crippen molar-refractivity contribution < 1.29 is 0 Å². The molecule has 3 heteroatoms. The maximum absolute atomic E-state index is 3.00. The van der Waals surface area contributed by atoms with Crippen LogP contribution in [0.25, 0.3) is 0 Å². The first kappa shape index (κ1) is 38.9. The van der Waals surface area contributed by atoms with Crippen molar-refractivity contribution in [3.8, 4) is 0 Å². The molecule has 0 rings (SSSR count). The zero-order chi connectivity index (χ0) is 2.00. The predicted molar refractivity (Wildman–Crippen MR) is 27.1 cm³/mol. The van der Waals surface area contributed by atoms with E-state index in [4.69, 9.17) is 0 Å². The van der Waals surface area contributed by atoms with E-state index in [0.717, 1.165) is 0 Å². The maximum Gasteiger partial charge on any atom is 2.00 e. The molecule has 0 spiro atoms. The van der Waals surface area contributed by atoms with E-state index in [1.807, 2.05) is 0 Å². The molecule has 0 fully saturated rings. The van der Waals surface area contributed by atoms with Crippen LogP contribution in [0.1, 0.15) is 0 Å². The number of rotatable bonds is 0. The molecule has 0 radical (unpaired) electrons. The summed E-state index contributed by atoms with van der Waals surface area (Å²) in [4.78, 5) is 0. The Morgan fingerprint density at radius 1 is 0.800 bits per heavy atom. The van der Waals surface area contributed by atoms with Gasteiger partial charge in [0.25, 0.3) is 0 Å². The van der Waals surface area contributed by atoms with E-state index in [-0.39, 0.29) is 50.0 Å². The average Bonchev–Trinajstić information content (AvgIpc) is 1.00. The van der Waals surface area contributed by atoms with Crippen molar-refractivity contribution in [2.75, 3.05) is 0 Å². The SMILES string of the molecule is C=C.N.N.[Ca+2]. The van der Waals surface area contributed by atoms with Crippen LogP contribution in [0.5, 0.6) is 0 Å². The first-order valence-electron chi connectivity index (χ1n) is 0.500. The molecule has 0 aliphatic rings. The summed E-state index contributed by atoms with van der Waals surface area (Å²) >= 11 is 0. The molecule has 6 N–H and O–H groups in total. The van der Waals surface area contributed by atoms with E-state index < -0.39 is 0 Å². The van der Waals surface area contributed by atoms with E-state index in [0.29, 0.717) is 0 Å². The molecule has 0 saturated carbocycles. The summed E-state index contributed by atoms with van der Waals surface area (Å²) in [5.41, 5.74) is 0. The second kappa shape index (κ2) is 89.4. The standard InChI is InChI=1S/C2H4.Ca.2H3N/c1-2;;;/h1-2H2;;2*1H3/q;+2;;. The minimum atomic E-state index is 0. The molecule has 0 unspecified atom stereocenters. The molecule has 0 bridgehead atoms. The van der Waals surface area contributed by atoms with Crippen LogP contribution in [0.4, 0.5) is 0 Å². The summed E-state index contributed by atoms with van der Waals surface area (Å²) in [6, 6.07) is 0. The molecule has 5 heavy (non-hydrogen) atoms. The van der Waals surface area contributed by atoms with Crippen LogP contribution >= 0.6 is 0 Å². The monoisotopic (exact) mass is 102 g/mol. The fraction of sp³-hybridized carbons (Fsp3) is 0. The van der Waals surface area contributed by atoms with E-state index in [2.05, 4.69) is 13.2 Å². The molecule has 0 saturated heterocycles. The Morgan fingerprint density at radius 2 is 0.800 bits per heavy atom. The van der Waals surface area contributed by atoms with E-state index in [1.165, 1.54) is 0 Å². The summed E-state index contributed by atoms with van der Waals surface area (Å²) in [6.07, 6.45) is 0. The van der Waals surface area contributed by atoms with Crippen LogP contribution in [-0.4, -0.2) is 37.7 Å². The first-order chi connectivity index (χ1) is 1.00. The number of hydrogen-bond donors (Lipinski definition) is 2. The summed E-state index contributed by atoms with van der Waals surface area (Å²) in [7, 11) is 0. The van der Waals surface area contributed by atoms with Crippen LogP contribution in [0, 0.1) is 0 Å². The molecule has 0 aromatic rings. The third-order valence-corrected chi connectivity index (χ3v) is 0. The van der Waals surface area contributed by atoms with Crippen molar-refractivity contribution in [2.24, 2.45) is 0 Å². The van der Waals surface area contributed by atoms with Gasteiger partial charge in [-0.2, -0.15) is 0 Å². The van der Waals surface area contributed by atoms with Gasteiger partial charge in [0, 0.05) is 0 Å². The molecule has 0 amide bonds. The van der Waals surface area contributed by atoms with Crippen LogP contribution in [0.2, 0.25) is 0 Å². The smallest absolute Gasteiger partial charge is 0.344 e. The van der Waals surface area contributed by atoms with Crippen molar-refractivity contribution in [3.05, 3.63) is 13.2 Å². The summed E-state index contributed by atoms with van der Waals surface area (Å²) in [5.74, 6) is 0. The summed E-state index contributed by atoms with van der Waals surface area (Å²) in [6.45, 7) is 6.00. The van der Waals surface area contributed by atoms with Crippen LogP contribution < -0.4 is 12.3 Å². The summed E-state index contributed by atoms with van der Waals surface area (Å²) in [5, 5.41) is 0. The van der Waals surface area contributed by atoms with Crippen molar-refractivity contribution in [2.45, 2.75) is 0 Å². The van der Waals surface area contributed by atoms with Gasteiger partial charge < -0.3 is 12.3 Å². The molecule has 0 heterocycles. The van der Waals surface area contributed by atoms with Gasteiger partial charge in [0.05, 0.1) is 0 Å². The second-order valence-electron chi connectivity index (χ2n) is 0. The van der Waals surface area contributed by atoms with Crippen molar-refractivity contribution in [3.63, 3.8) is 0 Å². The zero-order valence-corrected chi connectivity index (χ0v) is 5.74. The van der Waals surface area contributed by atoms with E-state index in [1.54, 1.807) is 0 Å². The van der Waals surface area contributed by atoms with Crippen LogP contribution in [0.15, 0.2) is 13.2 Å². The Morgan fingerprint density at radius 3 is 0.800 bits per heavy atom. The molecule has 28 valence electrons. The fourth-order valence-corrected chi connectivity index (χ4v) is 0. The molecule has 0 aromatic carbocycles. The van der Waals surface area contributed by atoms with Gasteiger partial charge in [-0.3, -0.25) is 0 Å². The largest absolute Gasteiger partial charge is 2.00 e. The van der Waals surface area contributed by atoms with Crippen molar-refractivity contribution >= 4 is 37.7 Å². The molecule has 2 nitrogen and oxygen atoms in total. The molecule has 0 aliphatic heterocycles. The van der Waals surface area contributed by atoms with E-state index in [9.17, 15) is 0 Å². The Labute approximate surface area is 62.8 Å². The molecular formula is C2H10CaN2+2. The second-order valence-corrected chi connectivity index (χ2v) is 0. The normalized spacial score (nSPS) is 0.800. The van der Waals surface area contributed by atoms with Gasteiger partial charge in [-0.15, -0.1) is 13.2 Å². The van der Waals surface area contributed by atoms with Crippen molar-refractivity contribution in [1.29, 1.82) is 0 Å². The van der Waals surface area contributed by atoms with Crippen LogP contribution in [0.3, 0.4) is 0 Å². The third-order valence-electron chi connectivity index (χ3n) is 0. The van der Waals surface area contributed by atoms with Gasteiger partial charge in [0.2, 0.25) is 0 Å². The van der Waals surface area contributed by atoms with Gasteiger partial charge in [-0.25, -0.2) is 0 Å². The summed E-state index contributed by atoms with van der Waals surface area (Å²) < 4.78 is 0. The first-order valence-corrected chi connectivity index (χ1v) is 0.500. The third kappa shape index (κ3) is 49.6. The van der Waals surface area contributed by atoms with Gasteiger partial charge in [0.1, 0.15) is 0 Å². The van der Waals surface area contributed by atoms with E-state index >= 15 is 0 Å². The Bertz CT molecular complexity index is 7.61. The average molecular weight is 102 g/mol. The van der Waals surface area contributed by atoms with Gasteiger partial charge >= 0.3 is 37.7 Å². The minimum absolute atomic E-state index is 0. The van der Waals surface area contributed by atoms with Crippen molar-refractivity contribution in [1.82, 2.24) is 12.3 Å². The Balaban J connectivity index is -0.00000000167. The topological polar surface area (TPSA) is 70.0 Å². The Hall–Kier alpha value is 0.920. The fourth-order valence-electron chi connectivity index (χ4n) is 0. The molecule has 0 aromatic heterocycles. The minimum Gasteiger partial charge on any atom is -0.344 e. The zero-order valence-electron chi connectivity index (χ0n) is 3.54. The van der Waals surface area contributed by atoms with Gasteiger partial charge in [0.15, 0.2) is 0 Å². The molecule has 0 aliphatic carbocycles. The predicted octanol–water partition coefficient (Wildman–Crippen LogP) is 0.745. The Kier molecular flexibility index (Phi) is 695. The van der Waals surface area contributed by atoms with Gasteiger partial charge in [-0.1, -0.05) is 0 Å². The quantitative estimate of drug-likeness (QED) is 0.350. The van der Waals surface area contributed by atoms with Gasteiger partial charge in [-0.05, 0) is 0 Å². The number of hydrogen-bond acceptors (Lipinski definition) is 2. The molecular weight excluding hydrogens is 92.1 g/mol. The molecule has 0 atom stereocenters.